The normalized spacial score (nSPS) is 19.8. The molecule has 0 atom stereocenters. The molecule has 0 spiro atoms. The minimum Gasteiger partial charge on any atom is -0.511 e. The molecule has 2 aliphatic carbocycles. The van der Waals surface area contributed by atoms with E-state index in [0.29, 0.717) is 79.8 Å². The highest BCUT2D eigenvalue weighted by Crippen LogP contribution is 2.27. The van der Waals surface area contributed by atoms with Crippen LogP contribution < -0.4 is 0 Å². The molecular formula is C22H28N2O6. The Morgan fingerprint density at radius 2 is 1.73 bits per heavy atom. The lowest BCUT2D eigenvalue weighted by Crippen LogP contribution is -2.22. The number of aryl methyl sites for hydroxylation is 2. The molecule has 162 valence electrons. The van der Waals surface area contributed by atoms with Crippen LogP contribution in [0.2, 0.25) is 0 Å². The van der Waals surface area contributed by atoms with E-state index in [-0.39, 0.29) is 30.2 Å². The smallest absolute Gasteiger partial charge is 0.303 e. The Morgan fingerprint density at radius 1 is 0.967 bits per heavy atom. The van der Waals surface area contributed by atoms with E-state index in [0.717, 1.165) is 19.3 Å². The van der Waals surface area contributed by atoms with Crippen LogP contribution >= 0.6 is 0 Å². The first-order valence-electron chi connectivity index (χ1n) is 10.7. The highest BCUT2D eigenvalue weighted by molar-refractivity contribution is 6.24. The summed E-state index contributed by atoms with van der Waals surface area (Å²) in [5, 5.41) is 23.3. The summed E-state index contributed by atoms with van der Waals surface area (Å²) in [7, 11) is 0. The van der Waals surface area contributed by atoms with Gasteiger partial charge in [0.05, 0.1) is 16.8 Å². The van der Waals surface area contributed by atoms with E-state index in [9.17, 15) is 19.5 Å². The highest BCUT2D eigenvalue weighted by Gasteiger charge is 2.28. The van der Waals surface area contributed by atoms with Crippen molar-refractivity contribution in [3.8, 4) is 0 Å². The van der Waals surface area contributed by atoms with Crippen LogP contribution in [0.25, 0.3) is 0 Å². The molecule has 0 amide bonds. The number of carboxylic acids is 1. The number of rotatable bonds is 9. The molecule has 1 fully saturated rings. The van der Waals surface area contributed by atoms with Gasteiger partial charge in [0.15, 0.2) is 11.6 Å². The number of aliphatic hydroxyl groups is 1. The maximum atomic E-state index is 12.5. The third-order valence-electron chi connectivity index (χ3n) is 5.54. The molecule has 3 rings (SSSR count). The Balaban J connectivity index is 1.64. The SMILES string of the molecule is O=C(O)CCCCCN=C1CCCC(=O)/C1=C(\O)CCc1noc2c1C(=O)CCC2. The number of aliphatic hydroxyl groups excluding tert-OH is 1. The van der Waals surface area contributed by atoms with Crippen molar-refractivity contribution in [1.29, 1.82) is 0 Å². The number of carbonyl (C=O) groups is 3. The second-order valence-corrected chi connectivity index (χ2v) is 7.84. The minimum atomic E-state index is -0.801. The highest BCUT2D eigenvalue weighted by atomic mass is 16.5. The Morgan fingerprint density at radius 3 is 2.53 bits per heavy atom. The van der Waals surface area contributed by atoms with E-state index in [2.05, 4.69) is 10.1 Å². The van der Waals surface area contributed by atoms with Crippen molar-refractivity contribution < 1.29 is 29.1 Å². The molecule has 1 aromatic rings. The molecule has 2 N–H and O–H groups in total. The quantitative estimate of drug-likeness (QED) is 0.356. The van der Waals surface area contributed by atoms with Crippen molar-refractivity contribution in [3.05, 3.63) is 28.3 Å². The lowest BCUT2D eigenvalue weighted by Gasteiger charge is -2.18. The van der Waals surface area contributed by atoms with E-state index < -0.39 is 5.97 Å². The Hall–Kier alpha value is -2.77. The van der Waals surface area contributed by atoms with Crippen molar-refractivity contribution in [2.45, 2.75) is 77.0 Å². The van der Waals surface area contributed by atoms with Gasteiger partial charge >= 0.3 is 5.97 Å². The van der Waals surface area contributed by atoms with Gasteiger partial charge in [0, 0.05) is 50.8 Å². The predicted octanol–water partition coefficient (Wildman–Crippen LogP) is 3.78. The van der Waals surface area contributed by atoms with Crippen molar-refractivity contribution in [2.75, 3.05) is 6.54 Å². The number of nitrogens with zero attached hydrogens (tertiary/aromatic N) is 2. The maximum absolute atomic E-state index is 12.5. The molecule has 0 bridgehead atoms. The lowest BCUT2D eigenvalue weighted by atomic mass is 9.88. The fourth-order valence-corrected chi connectivity index (χ4v) is 4.01. The molecule has 0 unspecified atom stereocenters. The topological polar surface area (TPSA) is 130 Å². The lowest BCUT2D eigenvalue weighted by molar-refractivity contribution is -0.137. The number of aromatic nitrogens is 1. The van der Waals surface area contributed by atoms with Crippen LogP contribution in [0, 0.1) is 0 Å². The van der Waals surface area contributed by atoms with Crippen LogP contribution in [0.1, 0.15) is 86.0 Å². The number of Topliss-reactive ketones (excluding diaryl/α,β-unsaturated/α-hetero) is 2. The van der Waals surface area contributed by atoms with Crippen LogP contribution in [0.4, 0.5) is 0 Å². The molecule has 0 saturated heterocycles. The largest absolute Gasteiger partial charge is 0.511 e. The summed E-state index contributed by atoms with van der Waals surface area (Å²) in [6.07, 6.45) is 6.45. The third kappa shape index (κ3) is 5.43. The average Bonchev–Trinajstić information content (AvgIpc) is 3.13. The van der Waals surface area contributed by atoms with E-state index in [1.807, 2.05) is 0 Å². The van der Waals surface area contributed by atoms with Gasteiger partial charge in [0.1, 0.15) is 11.5 Å². The minimum absolute atomic E-state index is 0.00987. The van der Waals surface area contributed by atoms with E-state index in [1.54, 1.807) is 0 Å². The fourth-order valence-electron chi connectivity index (χ4n) is 4.01. The number of allylic oxidation sites excluding steroid dienone is 2. The van der Waals surface area contributed by atoms with Crippen LogP contribution in [0.3, 0.4) is 0 Å². The molecule has 1 heterocycles. The molecule has 1 aromatic heterocycles. The van der Waals surface area contributed by atoms with Gasteiger partial charge in [-0.3, -0.25) is 19.4 Å². The van der Waals surface area contributed by atoms with Gasteiger partial charge in [0.25, 0.3) is 0 Å². The third-order valence-corrected chi connectivity index (χ3v) is 5.54. The monoisotopic (exact) mass is 416 g/mol. The first kappa shape index (κ1) is 21.9. The van der Waals surface area contributed by atoms with Crippen molar-refractivity contribution in [3.63, 3.8) is 0 Å². The summed E-state index contributed by atoms with van der Waals surface area (Å²) in [5.74, 6) is -0.277. The fraction of sp³-hybridized carbons (Fsp3) is 0.591. The molecule has 0 aromatic carbocycles. The van der Waals surface area contributed by atoms with Crippen molar-refractivity contribution in [2.24, 2.45) is 4.99 Å². The Kier molecular flexibility index (Phi) is 7.54. The zero-order chi connectivity index (χ0) is 21.5. The van der Waals surface area contributed by atoms with E-state index in [1.165, 1.54) is 0 Å². The zero-order valence-corrected chi connectivity index (χ0v) is 17.1. The summed E-state index contributed by atoms with van der Waals surface area (Å²) in [4.78, 5) is 39.7. The number of aliphatic carboxylic acids is 1. The summed E-state index contributed by atoms with van der Waals surface area (Å²) in [5.41, 5.74) is 2.02. The Bertz CT molecular complexity index is 880. The predicted molar refractivity (Wildman–Crippen MR) is 109 cm³/mol. The van der Waals surface area contributed by atoms with Crippen LogP contribution in [0.15, 0.2) is 20.8 Å². The molecule has 2 aliphatic rings. The van der Waals surface area contributed by atoms with Crippen LogP contribution in [0.5, 0.6) is 0 Å². The Labute approximate surface area is 175 Å². The van der Waals surface area contributed by atoms with Crippen molar-refractivity contribution >= 4 is 23.2 Å². The molecule has 0 aliphatic heterocycles. The van der Waals surface area contributed by atoms with Crippen LogP contribution in [-0.2, 0) is 22.4 Å². The summed E-state index contributed by atoms with van der Waals surface area (Å²) in [6.45, 7) is 0.504. The van der Waals surface area contributed by atoms with Gasteiger partial charge in [-0.15, -0.1) is 0 Å². The summed E-state index contributed by atoms with van der Waals surface area (Å²) in [6, 6.07) is 0. The van der Waals surface area contributed by atoms with E-state index in [4.69, 9.17) is 9.63 Å². The van der Waals surface area contributed by atoms with Crippen LogP contribution in [-0.4, -0.2) is 45.2 Å². The summed E-state index contributed by atoms with van der Waals surface area (Å²) >= 11 is 0. The molecule has 30 heavy (non-hydrogen) atoms. The van der Waals surface area contributed by atoms with E-state index >= 15 is 0 Å². The van der Waals surface area contributed by atoms with Gasteiger partial charge in [-0.2, -0.15) is 0 Å². The van der Waals surface area contributed by atoms with Crippen molar-refractivity contribution in [1.82, 2.24) is 5.16 Å². The van der Waals surface area contributed by atoms with Gasteiger partial charge < -0.3 is 14.7 Å². The number of hydrogen-bond donors (Lipinski definition) is 2. The van der Waals surface area contributed by atoms with Gasteiger partial charge in [-0.1, -0.05) is 11.6 Å². The molecule has 8 heteroatoms. The number of carboxylic acid groups (broad SMARTS) is 1. The average molecular weight is 416 g/mol. The second kappa shape index (κ2) is 10.3. The number of hydrogen-bond acceptors (Lipinski definition) is 7. The van der Waals surface area contributed by atoms with Gasteiger partial charge in [-0.25, -0.2) is 0 Å². The number of ketones is 2. The van der Waals surface area contributed by atoms with Gasteiger partial charge in [0.2, 0.25) is 0 Å². The second-order valence-electron chi connectivity index (χ2n) is 7.84. The standard InChI is InChI=1S/C22H28N2O6/c25-16-7-4-6-14(23-13-3-1-2-10-20(28)29)21(16)18(27)12-11-15-22-17(26)8-5-9-19(22)30-24-15/h27H,1-13H2,(H,28,29)/b21-18-,23-14?. The first-order valence-corrected chi connectivity index (χ1v) is 10.7. The number of carbonyl (C=O) groups excluding carboxylic acids is 2. The van der Waals surface area contributed by atoms with Gasteiger partial charge in [-0.05, 0) is 32.1 Å². The molecule has 1 saturated carbocycles. The molecular weight excluding hydrogens is 388 g/mol. The zero-order valence-electron chi connectivity index (χ0n) is 17.1. The number of fused-ring (bicyclic) bond motifs is 1. The first-order chi connectivity index (χ1) is 14.5. The molecule has 0 radical (unpaired) electrons. The maximum Gasteiger partial charge on any atom is 0.303 e. The number of unbranched alkanes of at least 4 members (excludes halogenated alkanes) is 2. The summed E-state index contributed by atoms with van der Waals surface area (Å²) < 4.78 is 5.28. The number of aliphatic imine (C=N–C) groups is 1. The molecule has 8 nitrogen and oxygen atoms in total.